The standard InChI is InChI=1S/C8H15N/c1-2-7-6-4-3-5-8(6)9-7/h6-9H,2-5H2,1H3. The third-order valence-corrected chi connectivity index (χ3v) is 2.95. The smallest absolute Gasteiger partial charge is 0.0113 e. The van der Waals surface area contributed by atoms with Crippen LogP contribution in [-0.2, 0) is 0 Å². The quantitative estimate of drug-likeness (QED) is 0.560. The van der Waals surface area contributed by atoms with Crippen LogP contribution in [0.4, 0.5) is 0 Å². The Morgan fingerprint density at radius 2 is 2.33 bits per heavy atom. The number of nitrogens with one attached hydrogen (secondary N) is 1. The minimum atomic E-state index is 0.887. The predicted octanol–water partition coefficient (Wildman–Crippen LogP) is 1.54. The summed E-state index contributed by atoms with van der Waals surface area (Å²) in [5.74, 6) is 1.06. The van der Waals surface area contributed by atoms with Gasteiger partial charge in [0.15, 0.2) is 0 Å². The molecule has 0 aromatic rings. The van der Waals surface area contributed by atoms with Crippen LogP contribution in [0.15, 0.2) is 0 Å². The summed E-state index contributed by atoms with van der Waals surface area (Å²) in [5.41, 5.74) is 0. The van der Waals surface area contributed by atoms with Gasteiger partial charge in [-0.25, -0.2) is 0 Å². The van der Waals surface area contributed by atoms with Crippen LogP contribution in [0, 0.1) is 5.92 Å². The van der Waals surface area contributed by atoms with E-state index in [0.29, 0.717) is 0 Å². The van der Waals surface area contributed by atoms with Gasteiger partial charge in [0.05, 0.1) is 0 Å². The van der Waals surface area contributed by atoms with Crippen LogP contribution in [0.25, 0.3) is 0 Å². The Kier molecular flexibility index (Phi) is 1.26. The molecule has 0 aromatic heterocycles. The summed E-state index contributed by atoms with van der Waals surface area (Å²) in [6.07, 6.45) is 5.75. The lowest BCUT2D eigenvalue weighted by Gasteiger charge is -2.41. The van der Waals surface area contributed by atoms with E-state index in [1.54, 1.807) is 0 Å². The molecule has 0 radical (unpaired) electrons. The highest BCUT2D eigenvalue weighted by Crippen LogP contribution is 2.37. The average molecular weight is 125 g/mol. The Bertz CT molecular complexity index is 111. The van der Waals surface area contributed by atoms with Gasteiger partial charge < -0.3 is 5.32 Å². The van der Waals surface area contributed by atoms with Gasteiger partial charge >= 0.3 is 0 Å². The number of rotatable bonds is 1. The van der Waals surface area contributed by atoms with Crippen molar-refractivity contribution in [2.24, 2.45) is 5.92 Å². The molecular weight excluding hydrogens is 110 g/mol. The maximum absolute atomic E-state index is 3.59. The maximum atomic E-state index is 3.59. The summed E-state index contributed by atoms with van der Waals surface area (Å²) in [6, 6.07) is 1.81. The number of hydrogen-bond donors (Lipinski definition) is 1. The molecule has 1 heteroatoms. The third-order valence-electron chi connectivity index (χ3n) is 2.95. The summed E-state index contributed by atoms with van der Waals surface area (Å²) < 4.78 is 0. The molecule has 0 amide bonds. The molecule has 1 heterocycles. The van der Waals surface area contributed by atoms with E-state index in [1.807, 2.05) is 0 Å². The van der Waals surface area contributed by atoms with E-state index in [2.05, 4.69) is 12.2 Å². The van der Waals surface area contributed by atoms with Crippen molar-refractivity contribution in [1.29, 1.82) is 0 Å². The summed E-state index contributed by atoms with van der Waals surface area (Å²) in [6.45, 7) is 2.28. The van der Waals surface area contributed by atoms with Crippen LogP contribution >= 0.6 is 0 Å². The molecule has 3 unspecified atom stereocenters. The second-order valence-corrected chi connectivity index (χ2v) is 3.38. The third kappa shape index (κ3) is 0.710. The van der Waals surface area contributed by atoms with Gasteiger partial charge in [0.1, 0.15) is 0 Å². The highest BCUT2D eigenvalue weighted by atomic mass is 15.1. The average Bonchev–Trinajstić information content (AvgIpc) is 2.14. The van der Waals surface area contributed by atoms with E-state index in [0.717, 1.165) is 18.0 Å². The van der Waals surface area contributed by atoms with Gasteiger partial charge in [0, 0.05) is 12.1 Å². The lowest BCUT2D eigenvalue weighted by atomic mass is 9.84. The summed E-state index contributed by atoms with van der Waals surface area (Å²) >= 11 is 0. The molecular formula is C8H15N. The SMILES string of the molecule is CCC1NC2CCCC12. The summed E-state index contributed by atoms with van der Waals surface area (Å²) in [7, 11) is 0. The fourth-order valence-corrected chi connectivity index (χ4v) is 2.38. The van der Waals surface area contributed by atoms with Gasteiger partial charge in [0.2, 0.25) is 0 Å². The van der Waals surface area contributed by atoms with E-state index in [9.17, 15) is 0 Å². The summed E-state index contributed by atoms with van der Waals surface area (Å²) in [4.78, 5) is 0. The second kappa shape index (κ2) is 1.98. The lowest BCUT2D eigenvalue weighted by molar-refractivity contribution is 0.169. The molecule has 2 rings (SSSR count). The summed E-state index contributed by atoms with van der Waals surface area (Å²) in [5, 5.41) is 3.59. The topological polar surface area (TPSA) is 12.0 Å². The molecule has 1 N–H and O–H groups in total. The van der Waals surface area contributed by atoms with Crippen molar-refractivity contribution in [2.45, 2.75) is 44.7 Å². The first kappa shape index (κ1) is 5.72. The van der Waals surface area contributed by atoms with E-state index in [4.69, 9.17) is 0 Å². The minimum Gasteiger partial charge on any atom is -0.311 e. The highest BCUT2D eigenvalue weighted by molar-refractivity contribution is 5.00. The first-order valence-corrected chi connectivity index (χ1v) is 4.18. The molecule has 9 heavy (non-hydrogen) atoms. The normalized spacial score (nSPS) is 48.3. The van der Waals surface area contributed by atoms with Crippen LogP contribution in [0.5, 0.6) is 0 Å². The van der Waals surface area contributed by atoms with E-state index < -0.39 is 0 Å². The molecule has 52 valence electrons. The van der Waals surface area contributed by atoms with Gasteiger partial charge in [-0.05, 0) is 25.2 Å². The Hall–Kier alpha value is -0.0400. The van der Waals surface area contributed by atoms with Crippen molar-refractivity contribution >= 4 is 0 Å². The van der Waals surface area contributed by atoms with Gasteiger partial charge in [-0.2, -0.15) is 0 Å². The fourth-order valence-electron chi connectivity index (χ4n) is 2.38. The fraction of sp³-hybridized carbons (Fsp3) is 1.00. The van der Waals surface area contributed by atoms with Crippen LogP contribution in [-0.4, -0.2) is 12.1 Å². The Balaban J connectivity index is 1.93. The second-order valence-electron chi connectivity index (χ2n) is 3.38. The molecule has 0 bridgehead atoms. The van der Waals surface area contributed by atoms with Gasteiger partial charge in [-0.15, -0.1) is 0 Å². The number of hydrogen-bond acceptors (Lipinski definition) is 1. The van der Waals surface area contributed by atoms with Gasteiger partial charge in [0.25, 0.3) is 0 Å². The largest absolute Gasteiger partial charge is 0.311 e. The molecule has 2 aliphatic rings. The van der Waals surface area contributed by atoms with Crippen LogP contribution in [0.2, 0.25) is 0 Å². The van der Waals surface area contributed by atoms with Crippen LogP contribution < -0.4 is 5.32 Å². The lowest BCUT2D eigenvalue weighted by Crippen LogP contribution is -2.58. The van der Waals surface area contributed by atoms with Crippen molar-refractivity contribution in [3.63, 3.8) is 0 Å². The number of fused-ring (bicyclic) bond motifs is 1. The van der Waals surface area contributed by atoms with Gasteiger partial charge in [-0.1, -0.05) is 13.3 Å². The van der Waals surface area contributed by atoms with Crippen molar-refractivity contribution in [3.05, 3.63) is 0 Å². The Morgan fingerprint density at radius 3 is 3.00 bits per heavy atom. The molecule has 1 saturated carbocycles. The first-order valence-electron chi connectivity index (χ1n) is 4.18. The van der Waals surface area contributed by atoms with Crippen molar-refractivity contribution in [2.75, 3.05) is 0 Å². The minimum absolute atomic E-state index is 0.887. The van der Waals surface area contributed by atoms with Crippen molar-refractivity contribution in [3.8, 4) is 0 Å². The maximum Gasteiger partial charge on any atom is 0.0113 e. The monoisotopic (exact) mass is 125 g/mol. The van der Waals surface area contributed by atoms with Gasteiger partial charge in [-0.3, -0.25) is 0 Å². The molecule has 1 aliphatic heterocycles. The highest BCUT2D eigenvalue weighted by Gasteiger charge is 2.41. The van der Waals surface area contributed by atoms with Crippen molar-refractivity contribution in [1.82, 2.24) is 5.32 Å². The molecule has 1 aliphatic carbocycles. The Morgan fingerprint density at radius 1 is 1.44 bits per heavy atom. The zero-order chi connectivity index (χ0) is 6.27. The van der Waals surface area contributed by atoms with E-state index in [-0.39, 0.29) is 0 Å². The van der Waals surface area contributed by atoms with Crippen molar-refractivity contribution < 1.29 is 0 Å². The molecule has 0 spiro atoms. The predicted molar refractivity (Wildman–Crippen MR) is 38.3 cm³/mol. The molecule has 1 saturated heterocycles. The zero-order valence-electron chi connectivity index (χ0n) is 6.06. The molecule has 2 fully saturated rings. The van der Waals surface area contributed by atoms with Crippen LogP contribution in [0.1, 0.15) is 32.6 Å². The Labute approximate surface area is 56.8 Å². The molecule has 0 aromatic carbocycles. The molecule has 3 atom stereocenters. The van der Waals surface area contributed by atoms with Crippen LogP contribution in [0.3, 0.4) is 0 Å². The first-order chi connectivity index (χ1) is 4.42. The molecule has 1 nitrogen and oxygen atoms in total. The zero-order valence-corrected chi connectivity index (χ0v) is 6.06. The van der Waals surface area contributed by atoms with E-state index in [1.165, 1.54) is 25.7 Å². The van der Waals surface area contributed by atoms with E-state index >= 15 is 0 Å².